The van der Waals surface area contributed by atoms with Crippen molar-refractivity contribution in [2.24, 2.45) is 0 Å². The number of phosphoric ester groups is 1. The van der Waals surface area contributed by atoms with Crippen molar-refractivity contribution in [2.45, 2.75) is 135 Å². The fourth-order valence-electron chi connectivity index (χ4n) is 3.76. The van der Waals surface area contributed by atoms with E-state index in [4.69, 9.17) is 14.9 Å². The van der Waals surface area contributed by atoms with Crippen LogP contribution in [0.5, 0.6) is 0 Å². The Morgan fingerprint density at radius 1 is 0.448 bits per heavy atom. The minimum Gasteiger partial charge on any atom is -0.396 e. The van der Waals surface area contributed by atoms with Gasteiger partial charge in [0.2, 0.25) is 0 Å². The van der Waals surface area contributed by atoms with Crippen LogP contribution in [0.3, 0.4) is 0 Å². The van der Waals surface area contributed by atoms with Gasteiger partial charge in [0.15, 0.2) is 0 Å². The van der Waals surface area contributed by atoms with E-state index in [1.807, 2.05) is 0 Å². The highest BCUT2D eigenvalue weighted by Crippen LogP contribution is 2.35. The summed E-state index contributed by atoms with van der Waals surface area (Å²) < 4.78 is 14.9. The molecule has 3 N–H and O–H groups in total. The molecule has 0 fully saturated rings. The maximum Gasteiger partial charge on any atom is 0.469 e. The van der Waals surface area contributed by atoms with E-state index in [1.165, 1.54) is 109 Å². The summed E-state index contributed by atoms with van der Waals surface area (Å²) in [6, 6.07) is 0. The highest BCUT2D eigenvalue weighted by molar-refractivity contribution is 7.46. The first-order chi connectivity index (χ1) is 14.1. The number of rotatable bonds is 24. The molecule has 0 amide bonds. The molecule has 0 aromatic carbocycles. The first-order valence-corrected chi connectivity index (χ1v) is 13.9. The van der Waals surface area contributed by atoms with Crippen molar-refractivity contribution in [1.29, 1.82) is 0 Å². The smallest absolute Gasteiger partial charge is 0.396 e. The molecule has 0 radical (unpaired) electrons. The van der Waals surface area contributed by atoms with E-state index in [0.717, 1.165) is 25.7 Å². The Balaban J connectivity index is 3.02. The van der Waals surface area contributed by atoms with Crippen molar-refractivity contribution in [2.75, 3.05) is 13.2 Å². The molecule has 0 aliphatic heterocycles. The van der Waals surface area contributed by atoms with Crippen LogP contribution in [0.15, 0.2) is 0 Å². The molecule has 0 spiro atoms. The van der Waals surface area contributed by atoms with Crippen molar-refractivity contribution in [3.63, 3.8) is 0 Å². The molecule has 0 bridgehead atoms. The quantitative estimate of drug-likeness (QED) is 0.109. The van der Waals surface area contributed by atoms with Gasteiger partial charge in [0.1, 0.15) is 0 Å². The predicted molar refractivity (Wildman–Crippen MR) is 122 cm³/mol. The summed E-state index contributed by atoms with van der Waals surface area (Å²) in [6.07, 6.45) is 26.7. The number of aliphatic hydroxyl groups excluding tert-OH is 1. The Morgan fingerprint density at radius 3 is 0.931 bits per heavy atom. The van der Waals surface area contributed by atoms with Crippen LogP contribution in [0, 0.1) is 0 Å². The number of hydrogen-bond donors (Lipinski definition) is 3. The van der Waals surface area contributed by atoms with Gasteiger partial charge < -0.3 is 14.9 Å². The molecule has 0 aliphatic carbocycles. The van der Waals surface area contributed by atoms with Gasteiger partial charge in [-0.2, -0.15) is 0 Å². The van der Waals surface area contributed by atoms with Gasteiger partial charge in [-0.3, -0.25) is 4.52 Å². The molecule has 0 saturated carbocycles. The number of unbranched alkanes of at least 4 members (excludes halogenated alkanes) is 20. The summed E-state index contributed by atoms with van der Waals surface area (Å²) >= 11 is 0. The lowest BCUT2D eigenvalue weighted by Crippen LogP contribution is -1.92. The first-order valence-electron chi connectivity index (χ1n) is 12.4. The van der Waals surface area contributed by atoms with Gasteiger partial charge in [-0.25, -0.2) is 4.57 Å². The fourth-order valence-corrected chi connectivity index (χ4v) is 4.12. The lowest BCUT2D eigenvalue weighted by atomic mass is 10.0. The number of phosphoric acid groups is 1. The number of hydrogen-bond acceptors (Lipinski definition) is 3. The van der Waals surface area contributed by atoms with Crippen molar-refractivity contribution in [3.05, 3.63) is 0 Å². The van der Waals surface area contributed by atoms with Gasteiger partial charge in [0, 0.05) is 6.61 Å². The second kappa shape index (κ2) is 22.7. The van der Waals surface area contributed by atoms with Crippen LogP contribution in [0.2, 0.25) is 0 Å². The molecular formula is C23H49O5P. The van der Waals surface area contributed by atoms with E-state index < -0.39 is 7.82 Å². The Morgan fingerprint density at radius 2 is 0.690 bits per heavy atom. The average molecular weight is 437 g/mol. The summed E-state index contributed by atoms with van der Waals surface area (Å²) in [5.41, 5.74) is 0. The molecule has 29 heavy (non-hydrogen) atoms. The standard InChI is InChI=1S/C23H49O5P/c24-22-20-18-16-14-12-10-8-6-4-2-1-3-5-7-9-11-13-15-17-19-21-23-28-29(25,26)27/h24H,1-23H2,(H2,25,26,27). The molecule has 0 aromatic heterocycles. The molecule has 0 heterocycles. The molecule has 0 aromatic rings. The van der Waals surface area contributed by atoms with E-state index >= 15 is 0 Å². The number of aliphatic hydroxyl groups is 1. The van der Waals surface area contributed by atoms with Gasteiger partial charge in [-0.1, -0.05) is 122 Å². The second-order valence-corrected chi connectivity index (χ2v) is 9.71. The maximum atomic E-state index is 10.5. The topological polar surface area (TPSA) is 87.0 Å². The predicted octanol–water partition coefficient (Wildman–Crippen LogP) is 7.28. The van der Waals surface area contributed by atoms with Crippen molar-refractivity contribution < 1.29 is 24.0 Å². The van der Waals surface area contributed by atoms with Gasteiger partial charge in [-0.15, -0.1) is 0 Å². The molecule has 0 unspecified atom stereocenters. The molecule has 0 saturated heterocycles. The van der Waals surface area contributed by atoms with Gasteiger partial charge in [-0.05, 0) is 12.8 Å². The van der Waals surface area contributed by atoms with Gasteiger partial charge in [0.05, 0.1) is 6.61 Å². The summed E-state index contributed by atoms with van der Waals surface area (Å²) in [6.45, 7) is 0.514. The van der Waals surface area contributed by atoms with E-state index in [1.54, 1.807) is 0 Å². The van der Waals surface area contributed by atoms with E-state index in [2.05, 4.69) is 4.52 Å². The minimum atomic E-state index is -4.27. The SMILES string of the molecule is O=P(O)(O)OCCCCCCCCCCCCCCCCCCCCCCCO. The Kier molecular flexibility index (Phi) is 22.8. The lowest BCUT2D eigenvalue weighted by molar-refractivity contribution is 0.193. The summed E-state index contributed by atoms with van der Waals surface area (Å²) in [5, 5.41) is 8.73. The molecule has 5 nitrogen and oxygen atoms in total. The van der Waals surface area contributed by atoms with Crippen LogP contribution in [-0.2, 0) is 9.09 Å². The second-order valence-electron chi connectivity index (χ2n) is 8.47. The molecule has 0 atom stereocenters. The molecular weight excluding hydrogens is 387 g/mol. The van der Waals surface area contributed by atoms with Crippen LogP contribution in [0.25, 0.3) is 0 Å². The zero-order valence-corrected chi connectivity index (χ0v) is 19.8. The Bertz CT molecular complexity index is 359. The van der Waals surface area contributed by atoms with Crippen molar-refractivity contribution in [3.8, 4) is 0 Å². The van der Waals surface area contributed by atoms with E-state index in [9.17, 15) is 4.57 Å². The summed E-state index contributed by atoms with van der Waals surface area (Å²) in [4.78, 5) is 17.1. The third-order valence-corrected chi connectivity index (χ3v) is 6.08. The first kappa shape index (κ1) is 29.1. The zero-order chi connectivity index (χ0) is 21.5. The van der Waals surface area contributed by atoms with Gasteiger partial charge >= 0.3 is 7.82 Å². The van der Waals surface area contributed by atoms with Crippen molar-refractivity contribution >= 4 is 7.82 Å². The maximum absolute atomic E-state index is 10.5. The molecule has 0 aliphatic rings. The molecule has 0 rings (SSSR count). The molecule has 6 heteroatoms. The normalized spacial score (nSPS) is 12.0. The van der Waals surface area contributed by atoms with Crippen molar-refractivity contribution in [1.82, 2.24) is 0 Å². The average Bonchev–Trinajstić information content (AvgIpc) is 2.67. The van der Waals surface area contributed by atoms with Crippen LogP contribution >= 0.6 is 7.82 Å². The third-order valence-electron chi connectivity index (χ3n) is 5.56. The third kappa shape index (κ3) is 28.1. The minimum absolute atomic E-state index is 0.163. The zero-order valence-electron chi connectivity index (χ0n) is 18.9. The van der Waals surface area contributed by atoms with Crippen LogP contribution in [-0.4, -0.2) is 28.1 Å². The lowest BCUT2D eigenvalue weighted by Gasteiger charge is -2.05. The summed E-state index contributed by atoms with van der Waals surface area (Å²) in [7, 11) is -4.27. The Hall–Kier alpha value is 0.0700. The highest BCUT2D eigenvalue weighted by Gasteiger charge is 2.12. The van der Waals surface area contributed by atoms with Crippen LogP contribution in [0.4, 0.5) is 0 Å². The van der Waals surface area contributed by atoms with Crippen LogP contribution in [0.1, 0.15) is 135 Å². The summed E-state index contributed by atoms with van der Waals surface area (Å²) in [5.74, 6) is 0. The molecule has 176 valence electrons. The van der Waals surface area contributed by atoms with E-state index in [0.29, 0.717) is 6.61 Å². The Labute approximate surface area is 180 Å². The van der Waals surface area contributed by atoms with E-state index in [-0.39, 0.29) is 6.61 Å². The van der Waals surface area contributed by atoms with Gasteiger partial charge in [0.25, 0.3) is 0 Å². The largest absolute Gasteiger partial charge is 0.469 e. The monoisotopic (exact) mass is 436 g/mol. The van der Waals surface area contributed by atoms with Crippen LogP contribution < -0.4 is 0 Å². The fraction of sp³-hybridized carbons (Fsp3) is 1.00. The highest BCUT2D eigenvalue weighted by atomic mass is 31.2.